The van der Waals surface area contributed by atoms with E-state index in [-0.39, 0.29) is 5.69 Å². The lowest BCUT2D eigenvalue weighted by atomic mass is 10.5. The molecule has 0 aliphatic rings. The first-order valence-electron chi connectivity index (χ1n) is 4.20. The molecule has 2 aromatic rings. The highest BCUT2D eigenvalue weighted by atomic mass is 16.5. The van der Waals surface area contributed by atoms with Crippen LogP contribution in [0.5, 0.6) is 0 Å². The fourth-order valence-corrected chi connectivity index (χ4v) is 1.08. The van der Waals surface area contributed by atoms with E-state index in [0.29, 0.717) is 5.82 Å². The molecule has 0 saturated carbocycles. The summed E-state index contributed by atoms with van der Waals surface area (Å²) in [6.45, 7) is 0. The van der Waals surface area contributed by atoms with Crippen LogP contribution in [0.3, 0.4) is 0 Å². The van der Waals surface area contributed by atoms with Crippen LogP contribution in [0.2, 0.25) is 0 Å². The van der Waals surface area contributed by atoms with Gasteiger partial charge in [-0.3, -0.25) is 9.55 Å². The van der Waals surface area contributed by atoms with E-state index >= 15 is 0 Å². The lowest BCUT2D eigenvalue weighted by Crippen LogP contribution is -2.01. The van der Waals surface area contributed by atoms with E-state index in [1.807, 2.05) is 0 Å². The molecule has 76 valence electrons. The van der Waals surface area contributed by atoms with Crippen molar-refractivity contribution < 1.29 is 9.53 Å². The lowest BCUT2D eigenvalue weighted by molar-refractivity contribution is 0.0594. The molecule has 0 atom stereocenters. The van der Waals surface area contributed by atoms with Crippen LogP contribution in [0, 0.1) is 0 Å². The fourth-order valence-electron chi connectivity index (χ4n) is 1.08. The summed E-state index contributed by atoms with van der Waals surface area (Å²) < 4.78 is 6.13. The lowest BCUT2D eigenvalue weighted by Gasteiger charge is -1.97. The average molecular weight is 204 g/mol. The van der Waals surface area contributed by atoms with Gasteiger partial charge in [0.15, 0.2) is 11.5 Å². The van der Waals surface area contributed by atoms with Gasteiger partial charge in [0.1, 0.15) is 6.33 Å². The molecule has 0 amide bonds. The van der Waals surface area contributed by atoms with Crippen molar-refractivity contribution in [3.8, 4) is 5.82 Å². The summed E-state index contributed by atoms with van der Waals surface area (Å²) in [5.41, 5.74) is 0.239. The van der Waals surface area contributed by atoms with Gasteiger partial charge in [-0.15, -0.1) is 0 Å². The van der Waals surface area contributed by atoms with Crippen molar-refractivity contribution in [3.05, 3.63) is 36.8 Å². The number of esters is 1. The number of rotatable bonds is 2. The van der Waals surface area contributed by atoms with Crippen LogP contribution >= 0.6 is 0 Å². The first-order valence-corrected chi connectivity index (χ1v) is 4.20. The summed E-state index contributed by atoms with van der Waals surface area (Å²) in [6, 6.07) is 0. The van der Waals surface area contributed by atoms with Crippen molar-refractivity contribution in [3.63, 3.8) is 0 Å². The number of methoxy groups -OCH3 is 1. The Labute approximate surface area is 85.6 Å². The van der Waals surface area contributed by atoms with E-state index in [1.165, 1.54) is 19.6 Å². The second-order valence-electron chi connectivity index (χ2n) is 2.72. The van der Waals surface area contributed by atoms with Gasteiger partial charge in [0.2, 0.25) is 0 Å². The van der Waals surface area contributed by atoms with Crippen LogP contribution in [-0.4, -0.2) is 32.6 Å². The van der Waals surface area contributed by atoms with Crippen LogP contribution in [-0.2, 0) is 4.74 Å². The highest BCUT2D eigenvalue weighted by molar-refractivity contribution is 5.86. The number of hydrogen-bond donors (Lipinski definition) is 0. The van der Waals surface area contributed by atoms with Crippen molar-refractivity contribution in [2.75, 3.05) is 7.11 Å². The third kappa shape index (κ3) is 1.83. The monoisotopic (exact) mass is 204 g/mol. The first-order chi connectivity index (χ1) is 7.31. The topological polar surface area (TPSA) is 69.9 Å². The quantitative estimate of drug-likeness (QED) is 0.664. The zero-order valence-corrected chi connectivity index (χ0v) is 7.99. The van der Waals surface area contributed by atoms with Crippen LogP contribution in [0.1, 0.15) is 10.5 Å². The fraction of sp³-hybridized carbons (Fsp3) is 0.111. The number of imidazole rings is 1. The van der Waals surface area contributed by atoms with E-state index in [9.17, 15) is 4.79 Å². The molecule has 0 saturated heterocycles. The van der Waals surface area contributed by atoms with Gasteiger partial charge in [-0.2, -0.15) is 0 Å². The van der Waals surface area contributed by atoms with E-state index < -0.39 is 5.97 Å². The van der Waals surface area contributed by atoms with Gasteiger partial charge >= 0.3 is 5.97 Å². The molecule has 0 radical (unpaired) electrons. The summed E-state index contributed by atoms with van der Waals surface area (Å²) in [5.74, 6) is 0.123. The van der Waals surface area contributed by atoms with Crippen LogP contribution in [0.15, 0.2) is 31.1 Å². The van der Waals surface area contributed by atoms with Gasteiger partial charge in [-0.25, -0.2) is 14.8 Å². The summed E-state index contributed by atoms with van der Waals surface area (Å²) in [5, 5.41) is 0. The maximum absolute atomic E-state index is 11.1. The molecule has 0 bridgehead atoms. The molecule has 0 aromatic carbocycles. The summed E-state index contributed by atoms with van der Waals surface area (Å²) in [7, 11) is 1.31. The average Bonchev–Trinajstić information content (AvgIpc) is 2.78. The molecule has 0 spiro atoms. The van der Waals surface area contributed by atoms with Crippen molar-refractivity contribution in [2.45, 2.75) is 0 Å². The van der Waals surface area contributed by atoms with E-state index in [2.05, 4.69) is 19.7 Å². The Morgan fingerprint density at radius 2 is 2.27 bits per heavy atom. The van der Waals surface area contributed by atoms with E-state index in [0.717, 1.165) is 0 Å². The molecular weight excluding hydrogens is 196 g/mol. The minimum Gasteiger partial charge on any atom is -0.464 e. The van der Waals surface area contributed by atoms with Gasteiger partial charge in [0.05, 0.1) is 13.3 Å². The molecule has 0 aliphatic heterocycles. The zero-order valence-electron chi connectivity index (χ0n) is 7.99. The predicted octanol–water partition coefficient (Wildman–Crippen LogP) is 0.449. The zero-order chi connectivity index (χ0) is 10.7. The molecular formula is C9H8N4O2. The highest BCUT2D eigenvalue weighted by Gasteiger charge is 2.09. The third-order valence-electron chi connectivity index (χ3n) is 1.79. The maximum Gasteiger partial charge on any atom is 0.358 e. The molecule has 6 nitrogen and oxygen atoms in total. The Bertz CT molecular complexity index is 466. The molecule has 2 heterocycles. The number of ether oxygens (including phenoxy) is 1. The summed E-state index contributed by atoms with van der Waals surface area (Å²) in [4.78, 5) is 23.0. The van der Waals surface area contributed by atoms with Gasteiger partial charge in [-0.1, -0.05) is 0 Å². The number of nitrogens with zero attached hydrogens (tertiary/aromatic N) is 4. The van der Waals surface area contributed by atoms with Crippen molar-refractivity contribution in [1.29, 1.82) is 0 Å². The normalized spacial score (nSPS) is 9.93. The van der Waals surface area contributed by atoms with Crippen LogP contribution in [0.4, 0.5) is 0 Å². The SMILES string of the molecule is COC(=O)c1cn(-c2cnccn2)cn1. The first kappa shape index (κ1) is 9.32. The number of hydrogen-bond acceptors (Lipinski definition) is 5. The van der Waals surface area contributed by atoms with Crippen molar-refractivity contribution in [2.24, 2.45) is 0 Å². The van der Waals surface area contributed by atoms with Crippen LogP contribution < -0.4 is 0 Å². The Morgan fingerprint density at radius 1 is 1.40 bits per heavy atom. The predicted molar refractivity (Wildman–Crippen MR) is 50.5 cm³/mol. The second-order valence-corrected chi connectivity index (χ2v) is 2.72. The maximum atomic E-state index is 11.1. The molecule has 15 heavy (non-hydrogen) atoms. The van der Waals surface area contributed by atoms with Crippen molar-refractivity contribution in [1.82, 2.24) is 19.5 Å². The molecule has 6 heteroatoms. The number of carbonyl (C=O) groups is 1. The number of aromatic nitrogens is 4. The molecule has 2 aromatic heterocycles. The Balaban J connectivity index is 2.32. The summed E-state index contributed by atoms with van der Waals surface area (Å²) in [6.07, 6.45) is 7.73. The Morgan fingerprint density at radius 3 is 2.93 bits per heavy atom. The van der Waals surface area contributed by atoms with E-state index in [4.69, 9.17) is 0 Å². The molecule has 2 rings (SSSR count). The standard InChI is InChI=1S/C9H8N4O2/c1-15-9(14)7-5-13(6-12-7)8-4-10-2-3-11-8/h2-6H,1H3. The molecule has 0 unspecified atom stereocenters. The summed E-state index contributed by atoms with van der Waals surface area (Å²) >= 11 is 0. The van der Waals surface area contributed by atoms with Gasteiger partial charge in [-0.05, 0) is 0 Å². The molecule has 0 N–H and O–H groups in total. The highest BCUT2D eigenvalue weighted by Crippen LogP contribution is 2.04. The smallest absolute Gasteiger partial charge is 0.358 e. The minimum absolute atomic E-state index is 0.239. The van der Waals surface area contributed by atoms with Gasteiger partial charge in [0.25, 0.3) is 0 Å². The van der Waals surface area contributed by atoms with Gasteiger partial charge in [0, 0.05) is 18.6 Å². The van der Waals surface area contributed by atoms with E-state index in [1.54, 1.807) is 23.2 Å². The third-order valence-corrected chi connectivity index (χ3v) is 1.79. The minimum atomic E-state index is -0.474. The largest absolute Gasteiger partial charge is 0.464 e. The van der Waals surface area contributed by atoms with Crippen LogP contribution in [0.25, 0.3) is 5.82 Å². The Hall–Kier alpha value is -2.24. The molecule has 0 aliphatic carbocycles. The second kappa shape index (κ2) is 3.87. The molecule has 0 fully saturated rings. The Kier molecular flexibility index (Phi) is 2.40. The van der Waals surface area contributed by atoms with Crippen molar-refractivity contribution >= 4 is 5.97 Å². The number of carbonyl (C=O) groups excluding carboxylic acids is 1. The van der Waals surface area contributed by atoms with Gasteiger partial charge < -0.3 is 4.74 Å².